The summed E-state index contributed by atoms with van der Waals surface area (Å²) in [6.07, 6.45) is 3.88. The van der Waals surface area contributed by atoms with Crippen molar-refractivity contribution in [3.63, 3.8) is 0 Å². The highest BCUT2D eigenvalue weighted by atomic mass is 32.2. The van der Waals surface area contributed by atoms with Crippen LogP contribution < -0.4 is 5.32 Å². The smallest absolute Gasteiger partial charge is 0.0288 e. The predicted octanol–water partition coefficient (Wildman–Crippen LogP) is 3.80. The first-order chi connectivity index (χ1) is 8.65. The van der Waals surface area contributed by atoms with E-state index in [4.69, 9.17) is 0 Å². The van der Waals surface area contributed by atoms with Crippen LogP contribution in [0.15, 0.2) is 24.3 Å². The van der Waals surface area contributed by atoms with E-state index in [-0.39, 0.29) is 0 Å². The number of aryl methyl sites for hydroxylation is 1. The second-order valence-corrected chi connectivity index (χ2v) is 7.14. The van der Waals surface area contributed by atoms with Crippen LogP contribution in [0.1, 0.15) is 37.8 Å². The highest BCUT2D eigenvalue weighted by molar-refractivity contribution is 8.00. The zero-order valence-corrected chi connectivity index (χ0v) is 12.6. The topological polar surface area (TPSA) is 12.0 Å². The Morgan fingerprint density at radius 2 is 2.17 bits per heavy atom. The van der Waals surface area contributed by atoms with Gasteiger partial charge in [-0.1, -0.05) is 31.2 Å². The second kappa shape index (κ2) is 6.12. The van der Waals surface area contributed by atoms with Crippen LogP contribution in [0, 0.1) is 6.92 Å². The minimum absolute atomic E-state index is 0.415. The van der Waals surface area contributed by atoms with Gasteiger partial charge in [-0.2, -0.15) is 11.8 Å². The number of benzene rings is 1. The average Bonchev–Trinajstić information content (AvgIpc) is 2.79. The van der Waals surface area contributed by atoms with Gasteiger partial charge in [0, 0.05) is 10.8 Å². The third-order valence-electron chi connectivity index (χ3n) is 4.12. The summed E-state index contributed by atoms with van der Waals surface area (Å²) in [4.78, 5) is 0. The molecule has 1 aliphatic rings. The molecule has 2 rings (SSSR count). The molecule has 1 fully saturated rings. The van der Waals surface area contributed by atoms with Gasteiger partial charge in [0.15, 0.2) is 0 Å². The third-order valence-corrected chi connectivity index (χ3v) is 5.76. The van der Waals surface area contributed by atoms with Gasteiger partial charge in [0.25, 0.3) is 0 Å². The van der Waals surface area contributed by atoms with Crippen LogP contribution in [0.25, 0.3) is 0 Å². The molecule has 0 spiro atoms. The van der Waals surface area contributed by atoms with E-state index in [1.165, 1.54) is 29.7 Å². The highest BCUT2D eigenvalue weighted by Gasteiger charge is 2.37. The molecule has 1 aromatic carbocycles. The van der Waals surface area contributed by atoms with Crippen molar-refractivity contribution in [2.75, 3.05) is 12.3 Å². The maximum atomic E-state index is 3.72. The van der Waals surface area contributed by atoms with Crippen molar-refractivity contribution in [3.8, 4) is 0 Å². The summed E-state index contributed by atoms with van der Waals surface area (Å²) < 4.78 is 0.415. The van der Waals surface area contributed by atoms with Crippen molar-refractivity contribution >= 4 is 11.8 Å². The van der Waals surface area contributed by atoms with Crippen LogP contribution in [-0.2, 0) is 6.42 Å². The first-order valence-corrected chi connectivity index (χ1v) is 8.06. The van der Waals surface area contributed by atoms with Crippen LogP contribution in [0.5, 0.6) is 0 Å². The Bertz CT molecular complexity index is 382. The van der Waals surface area contributed by atoms with E-state index in [0.29, 0.717) is 10.8 Å². The maximum Gasteiger partial charge on any atom is 0.0288 e. The molecule has 1 aromatic rings. The monoisotopic (exact) mass is 263 g/mol. The van der Waals surface area contributed by atoms with Gasteiger partial charge < -0.3 is 5.32 Å². The van der Waals surface area contributed by atoms with Crippen molar-refractivity contribution in [1.82, 2.24) is 5.32 Å². The Balaban J connectivity index is 2.13. The van der Waals surface area contributed by atoms with Crippen LogP contribution in [-0.4, -0.2) is 23.1 Å². The van der Waals surface area contributed by atoms with Crippen molar-refractivity contribution in [2.45, 2.75) is 50.8 Å². The van der Waals surface area contributed by atoms with Gasteiger partial charge in [-0.15, -0.1) is 0 Å². The fourth-order valence-corrected chi connectivity index (χ4v) is 4.30. The Labute approximate surface area is 116 Å². The average molecular weight is 263 g/mol. The SMILES string of the molecule is CCNC(Cc1ccccc1C)C1(C)CCCS1. The second-order valence-electron chi connectivity index (χ2n) is 5.51. The zero-order valence-electron chi connectivity index (χ0n) is 11.8. The molecule has 0 aliphatic carbocycles. The standard InChI is InChI=1S/C16H25NS/c1-4-17-15(16(3)10-7-11-18-16)12-14-9-6-5-8-13(14)2/h5-6,8-9,15,17H,4,7,10-12H2,1-3H3. The molecule has 1 N–H and O–H groups in total. The van der Waals surface area contributed by atoms with Gasteiger partial charge in [0.05, 0.1) is 0 Å². The maximum absolute atomic E-state index is 3.72. The van der Waals surface area contributed by atoms with E-state index in [9.17, 15) is 0 Å². The largest absolute Gasteiger partial charge is 0.313 e. The number of thioether (sulfide) groups is 1. The summed E-state index contributed by atoms with van der Waals surface area (Å²) in [5.74, 6) is 1.33. The molecule has 100 valence electrons. The van der Waals surface area contributed by atoms with E-state index in [1.807, 2.05) is 0 Å². The molecular weight excluding hydrogens is 238 g/mol. The number of rotatable bonds is 5. The molecule has 1 aliphatic heterocycles. The lowest BCUT2D eigenvalue weighted by Gasteiger charge is -2.34. The molecule has 2 unspecified atom stereocenters. The van der Waals surface area contributed by atoms with E-state index < -0.39 is 0 Å². The molecular formula is C16H25NS. The molecule has 0 radical (unpaired) electrons. The van der Waals surface area contributed by atoms with Crippen LogP contribution >= 0.6 is 11.8 Å². The van der Waals surface area contributed by atoms with Crippen LogP contribution in [0.4, 0.5) is 0 Å². The Hall–Kier alpha value is -0.470. The lowest BCUT2D eigenvalue weighted by atomic mass is 9.89. The van der Waals surface area contributed by atoms with Crippen LogP contribution in [0.2, 0.25) is 0 Å². The minimum atomic E-state index is 0.415. The molecule has 0 amide bonds. The quantitative estimate of drug-likeness (QED) is 0.867. The summed E-state index contributed by atoms with van der Waals surface area (Å²) in [7, 11) is 0. The minimum Gasteiger partial charge on any atom is -0.313 e. The molecule has 2 atom stereocenters. The summed E-state index contributed by atoms with van der Waals surface area (Å²) in [6, 6.07) is 9.39. The van der Waals surface area contributed by atoms with E-state index in [2.05, 4.69) is 62.1 Å². The van der Waals surface area contributed by atoms with Crippen molar-refractivity contribution in [1.29, 1.82) is 0 Å². The molecule has 0 bridgehead atoms. The Kier molecular flexibility index (Phi) is 4.74. The van der Waals surface area contributed by atoms with Crippen molar-refractivity contribution in [3.05, 3.63) is 35.4 Å². The first kappa shape index (κ1) is 14.0. The van der Waals surface area contributed by atoms with E-state index >= 15 is 0 Å². The van der Waals surface area contributed by atoms with Crippen LogP contribution in [0.3, 0.4) is 0 Å². The predicted molar refractivity (Wildman–Crippen MR) is 82.4 cm³/mol. The van der Waals surface area contributed by atoms with E-state index in [0.717, 1.165) is 13.0 Å². The third kappa shape index (κ3) is 3.10. The van der Waals surface area contributed by atoms with E-state index in [1.54, 1.807) is 0 Å². The molecule has 0 saturated carbocycles. The van der Waals surface area contributed by atoms with Gasteiger partial charge in [0.2, 0.25) is 0 Å². The molecule has 0 aromatic heterocycles. The molecule has 1 heterocycles. The number of likely N-dealkylation sites (N-methyl/N-ethyl adjacent to an activating group) is 1. The molecule has 2 heteroatoms. The fourth-order valence-electron chi connectivity index (χ4n) is 2.88. The normalized spacial score (nSPS) is 25.3. The summed E-state index contributed by atoms with van der Waals surface area (Å²) in [6.45, 7) is 7.94. The first-order valence-electron chi connectivity index (χ1n) is 7.07. The van der Waals surface area contributed by atoms with Gasteiger partial charge in [-0.3, -0.25) is 0 Å². The summed E-state index contributed by atoms with van der Waals surface area (Å²) in [5.41, 5.74) is 2.92. The molecule has 1 nitrogen and oxygen atoms in total. The van der Waals surface area contributed by atoms with Crippen molar-refractivity contribution in [2.24, 2.45) is 0 Å². The summed E-state index contributed by atoms with van der Waals surface area (Å²) in [5, 5.41) is 3.72. The lowest BCUT2D eigenvalue weighted by Crippen LogP contribution is -2.46. The van der Waals surface area contributed by atoms with Crippen molar-refractivity contribution < 1.29 is 0 Å². The lowest BCUT2D eigenvalue weighted by molar-refractivity contribution is 0.406. The van der Waals surface area contributed by atoms with Gasteiger partial charge in [0.1, 0.15) is 0 Å². The van der Waals surface area contributed by atoms with Gasteiger partial charge in [-0.05, 0) is 56.5 Å². The highest BCUT2D eigenvalue weighted by Crippen LogP contribution is 2.41. The Morgan fingerprint density at radius 3 is 2.78 bits per heavy atom. The fraction of sp³-hybridized carbons (Fsp3) is 0.625. The number of hydrogen-bond acceptors (Lipinski definition) is 2. The molecule has 18 heavy (non-hydrogen) atoms. The summed E-state index contributed by atoms with van der Waals surface area (Å²) >= 11 is 2.16. The number of nitrogens with one attached hydrogen (secondary N) is 1. The molecule has 1 saturated heterocycles. The van der Waals surface area contributed by atoms with Gasteiger partial charge in [-0.25, -0.2) is 0 Å². The Morgan fingerprint density at radius 1 is 1.39 bits per heavy atom. The zero-order chi connectivity index (χ0) is 13.0. The van der Waals surface area contributed by atoms with Gasteiger partial charge >= 0.3 is 0 Å². The number of hydrogen-bond donors (Lipinski definition) is 1.